The van der Waals surface area contributed by atoms with Gasteiger partial charge in [0, 0.05) is 0 Å². The molecule has 3 heterocycles. The molecule has 3 aliphatic heterocycles. The van der Waals surface area contributed by atoms with Gasteiger partial charge in [-0.2, -0.15) is 16.8 Å². The summed E-state index contributed by atoms with van der Waals surface area (Å²) in [5.41, 5.74) is 0. The molecule has 0 bridgehead atoms. The Balaban J connectivity index is 0.000000421. The SMILES string of the molecule is O=POCCCCCCCCCC1CO1.O=S(=O)(OCCCCCCCCCC1CO1)c1cccc(S(=O)(=O)OCCCCCCCCCC2CO2)c1. The number of benzene rings is 1. The average Bonchev–Trinajstić information content (AvgIpc) is 3.99. The molecular formula is C39H67O11PS2. The van der Waals surface area contributed by atoms with E-state index in [1.165, 1.54) is 102 Å². The minimum Gasteiger partial charge on any atom is -0.373 e. The Bertz CT molecular complexity index is 1220. The Morgan fingerprint density at radius 2 is 0.792 bits per heavy atom. The van der Waals surface area contributed by atoms with Crippen LogP contribution in [0, 0.1) is 0 Å². The molecule has 0 aromatic heterocycles. The summed E-state index contributed by atoms with van der Waals surface area (Å²) in [7, 11) is -8.25. The van der Waals surface area contributed by atoms with E-state index in [9.17, 15) is 21.4 Å². The summed E-state index contributed by atoms with van der Waals surface area (Å²) < 4.78 is 90.8. The molecule has 0 radical (unpaired) electrons. The first-order valence-electron chi connectivity index (χ1n) is 20.5. The normalized spacial score (nSPS) is 19.2. The van der Waals surface area contributed by atoms with E-state index >= 15 is 0 Å². The van der Waals surface area contributed by atoms with Gasteiger partial charge in [0.15, 0.2) is 0 Å². The first-order valence-corrected chi connectivity index (χ1v) is 24.0. The van der Waals surface area contributed by atoms with Gasteiger partial charge in [-0.05, 0) is 56.7 Å². The lowest BCUT2D eigenvalue weighted by molar-refractivity contribution is 0.305. The van der Waals surface area contributed by atoms with Crippen LogP contribution in [0.3, 0.4) is 0 Å². The van der Waals surface area contributed by atoms with E-state index < -0.39 is 20.2 Å². The first-order chi connectivity index (χ1) is 25.8. The van der Waals surface area contributed by atoms with Crippen LogP contribution in [0.2, 0.25) is 0 Å². The third-order valence-corrected chi connectivity index (χ3v) is 12.6. The van der Waals surface area contributed by atoms with Crippen molar-refractivity contribution in [1.29, 1.82) is 0 Å². The van der Waals surface area contributed by atoms with Crippen LogP contribution in [0.5, 0.6) is 0 Å². The second-order valence-electron chi connectivity index (χ2n) is 14.6. The first kappa shape index (κ1) is 46.4. The molecular weight excluding hydrogens is 740 g/mol. The van der Waals surface area contributed by atoms with E-state index in [0.717, 1.165) is 83.7 Å². The molecule has 0 spiro atoms. The maximum absolute atomic E-state index is 12.6. The highest BCUT2D eigenvalue weighted by Gasteiger charge is 2.23. The zero-order valence-electron chi connectivity index (χ0n) is 32.0. The van der Waals surface area contributed by atoms with Crippen LogP contribution in [0.4, 0.5) is 0 Å². The van der Waals surface area contributed by atoms with E-state index in [4.69, 9.17) is 27.1 Å². The van der Waals surface area contributed by atoms with Gasteiger partial charge < -0.3 is 14.2 Å². The molecule has 3 saturated heterocycles. The van der Waals surface area contributed by atoms with Crippen molar-refractivity contribution in [1.82, 2.24) is 0 Å². The molecule has 0 saturated carbocycles. The number of hydrogen-bond acceptors (Lipinski definition) is 11. The number of ether oxygens (including phenoxy) is 3. The Morgan fingerprint density at radius 3 is 1.11 bits per heavy atom. The van der Waals surface area contributed by atoms with Crippen molar-refractivity contribution >= 4 is 28.9 Å². The largest absolute Gasteiger partial charge is 0.373 e. The van der Waals surface area contributed by atoms with Gasteiger partial charge in [-0.1, -0.05) is 122 Å². The molecule has 0 amide bonds. The van der Waals surface area contributed by atoms with Gasteiger partial charge in [0.2, 0.25) is 0 Å². The summed E-state index contributed by atoms with van der Waals surface area (Å²) in [5.74, 6) is 0. The van der Waals surface area contributed by atoms with E-state index in [2.05, 4.69) is 0 Å². The van der Waals surface area contributed by atoms with E-state index in [0.29, 0.717) is 37.8 Å². The topological polar surface area (TPSA) is 151 Å². The monoisotopic (exact) mass is 806 g/mol. The summed E-state index contributed by atoms with van der Waals surface area (Å²) in [6, 6.07) is 5.21. The average molecular weight is 807 g/mol. The molecule has 0 aliphatic carbocycles. The van der Waals surface area contributed by atoms with Crippen LogP contribution in [0.1, 0.15) is 154 Å². The molecule has 306 valence electrons. The Hall–Kier alpha value is -1.02. The number of hydrogen-bond donors (Lipinski definition) is 0. The fourth-order valence-electron chi connectivity index (χ4n) is 6.14. The van der Waals surface area contributed by atoms with Gasteiger partial charge >= 0.3 is 8.69 Å². The van der Waals surface area contributed by atoms with Gasteiger partial charge in [-0.3, -0.25) is 12.9 Å². The number of unbranched alkanes of at least 4 members (excludes halogenated alkanes) is 18. The van der Waals surface area contributed by atoms with Gasteiger partial charge in [-0.15, -0.1) is 0 Å². The van der Waals surface area contributed by atoms with Gasteiger partial charge in [0.1, 0.15) is 0 Å². The molecule has 53 heavy (non-hydrogen) atoms. The van der Waals surface area contributed by atoms with Crippen molar-refractivity contribution in [3.05, 3.63) is 24.3 Å². The van der Waals surface area contributed by atoms with E-state index in [-0.39, 0.29) is 31.7 Å². The van der Waals surface area contributed by atoms with Crippen molar-refractivity contribution in [2.75, 3.05) is 39.6 Å². The lowest BCUT2D eigenvalue weighted by Gasteiger charge is -2.09. The van der Waals surface area contributed by atoms with Crippen molar-refractivity contribution in [2.45, 2.75) is 182 Å². The Morgan fingerprint density at radius 1 is 0.491 bits per heavy atom. The fourth-order valence-corrected chi connectivity index (χ4v) is 8.40. The minimum atomic E-state index is -4.03. The molecule has 0 N–H and O–H groups in total. The standard InChI is InChI=1S/C28H46O8S2.C11H21O3P/c29-37(30,35-20-13-9-5-1-3-7-11-16-25-23-33-25)27-18-15-19-28(22-27)38(31,32)36-21-14-10-6-2-4-8-12-17-26-24-34-26;12-15-14-9-7-5-3-1-2-4-6-8-11-10-13-11/h15,18-19,22,25-26H,1-14,16-17,20-21,23-24H2;11H,1-10H2. The highest BCUT2D eigenvalue weighted by Crippen LogP contribution is 2.22. The van der Waals surface area contributed by atoms with Crippen LogP contribution >= 0.6 is 8.69 Å². The fraction of sp³-hybridized carbons (Fsp3) is 0.846. The summed E-state index contributed by atoms with van der Waals surface area (Å²) >= 11 is 0. The summed E-state index contributed by atoms with van der Waals surface area (Å²) in [6.07, 6.45) is 28.7. The van der Waals surface area contributed by atoms with Crippen LogP contribution in [-0.2, 0) is 51.9 Å². The van der Waals surface area contributed by atoms with Crippen LogP contribution in [0.15, 0.2) is 34.1 Å². The molecule has 11 nitrogen and oxygen atoms in total. The summed E-state index contributed by atoms with van der Waals surface area (Å²) in [4.78, 5) is -0.342. The zero-order chi connectivity index (χ0) is 37.9. The molecule has 14 heteroatoms. The zero-order valence-corrected chi connectivity index (χ0v) is 34.5. The highest BCUT2D eigenvalue weighted by atomic mass is 32.2. The maximum atomic E-state index is 12.6. The number of epoxide rings is 3. The molecule has 1 aromatic rings. The van der Waals surface area contributed by atoms with Crippen LogP contribution in [-0.4, -0.2) is 74.8 Å². The third kappa shape index (κ3) is 25.0. The van der Waals surface area contributed by atoms with E-state index in [1.807, 2.05) is 0 Å². The van der Waals surface area contributed by atoms with E-state index in [1.54, 1.807) is 0 Å². The van der Waals surface area contributed by atoms with Crippen molar-refractivity contribution < 1.29 is 48.5 Å². The highest BCUT2D eigenvalue weighted by molar-refractivity contribution is 7.87. The smallest absolute Gasteiger partial charge is 0.327 e. The second-order valence-corrected chi connectivity index (χ2v) is 18.2. The Labute approximate surface area is 322 Å². The predicted molar refractivity (Wildman–Crippen MR) is 206 cm³/mol. The molecule has 3 aliphatic rings. The van der Waals surface area contributed by atoms with Crippen molar-refractivity contribution in [3.63, 3.8) is 0 Å². The molecule has 1 aromatic carbocycles. The minimum absolute atomic E-state index is 0.0871. The quantitative estimate of drug-likeness (QED) is 0.0279. The Kier molecular flexibility index (Phi) is 24.8. The molecule has 3 fully saturated rings. The second kappa shape index (κ2) is 28.4. The predicted octanol–water partition coefficient (Wildman–Crippen LogP) is 9.87. The number of rotatable bonds is 35. The van der Waals surface area contributed by atoms with Crippen LogP contribution < -0.4 is 0 Å². The van der Waals surface area contributed by atoms with Gasteiger partial charge in [0.25, 0.3) is 20.2 Å². The van der Waals surface area contributed by atoms with Gasteiger partial charge in [-0.25, -0.2) is 4.57 Å². The summed E-state index contributed by atoms with van der Waals surface area (Å²) in [6.45, 7) is 3.65. The lowest BCUT2D eigenvalue weighted by atomic mass is 10.1. The lowest BCUT2D eigenvalue weighted by Crippen LogP contribution is -2.11. The molecule has 3 unspecified atom stereocenters. The van der Waals surface area contributed by atoms with Crippen molar-refractivity contribution in [3.8, 4) is 0 Å². The summed E-state index contributed by atoms with van der Waals surface area (Å²) in [5, 5.41) is 0. The maximum Gasteiger partial charge on any atom is 0.327 e. The molecule has 3 atom stereocenters. The molecule has 4 rings (SSSR count). The van der Waals surface area contributed by atoms with Crippen LogP contribution in [0.25, 0.3) is 0 Å². The van der Waals surface area contributed by atoms with Crippen molar-refractivity contribution in [2.24, 2.45) is 0 Å². The van der Waals surface area contributed by atoms with Gasteiger partial charge in [0.05, 0.1) is 67.7 Å². The third-order valence-electron chi connectivity index (χ3n) is 9.72.